The summed E-state index contributed by atoms with van der Waals surface area (Å²) in [4.78, 5) is 51.1. The minimum Gasteiger partial charge on any atom is -0.481 e. The van der Waals surface area contributed by atoms with Gasteiger partial charge in [0.1, 0.15) is 12.2 Å². The number of carbonyl (C=O) groups is 4. The van der Waals surface area contributed by atoms with Gasteiger partial charge in [-0.3, -0.25) is 19.2 Å². The quantitative estimate of drug-likeness (QED) is 0.266. The van der Waals surface area contributed by atoms with Crippen LogP contribution in [-0.4, -0.2) is 41.0 Å². The number of hydrogen-bond donors (Lipinski definition) is 1. The van der Waals surface area contributed by atoms with E-state index in [-0.39, 0.29) is 59.3 Å². The Morgan fingerprint density at radius 3 is 2.33 bits per heavy atom. The predicted octanol–water partition coefficient (Wildman–Crippen LogP) is 5.81. The molecule has 214 valence electrons. The van der Waals surface area contributed by atoms with Crippen molar-refractivity contribution in [3.63, 3.8) is 0 Å². The van der Waals surface area contributed by atoms with Gasteiger partial charge < -0.3 is 14.6 Å². The van der Waals surface area contributed by atoms with Gasteiger partial charge in [-0.15, -0.1) is 0 Å². The number of rotatable bonds is 5. The second kappa shape index (κ2) is 9.04. The van der Waals surface area contributed by atoms with E-state index >= 15 is 0 Å². The third kappa shape index (κ3) is 3.81. The Morgan fingerprint density at radius 1 is 1.03 bits per heavy atom. The van der Waals surface area contributed by atoms with Gasteiger partial charge >= 0.3 is 17.9 Å². The summed E-state index contributed by atoms with van der Waals surface area (Å²) < 4.78 is 11.7. The molecule has 2 saturated carbocycles. The van der Waals surface area contributed by atoms with E-state index in [1.165, 1.54) is 12.5 Å². The van der Waals surface area contributed by atoms with Gasteiger partial charge in [-0.1, -0.05) is 44.4 Å². The van der Waals surface area contributed by atoms with E-state index in [9.17, 15) is 24.3 Å². The van der Waals surface area contributed by atoms with Crippen LogP contribution in [0.25, 0.3) is 0 Å². The molecule has 5 aliphatic rings. The second-order valence-electron chi connectivity index (χ2n) is 14.3. The number of hydrogen-bond acceptors (Lipinski definition) is 6. The minimum absolute atomic E-state index is 0.0634. The minimum atomic E-state index is -1.11. The van der Waals surface area contributed by atoms with Gasteiger partial charge in [-0.2, -0.15) is 0 Å². The van der Waals surface area contributed by atoms with Gasteiger partial charge in [0.05, 0.1) is 11.3 Å². The van der Waals surface area contributed by atoms with Crippen LogP contribution in [0, 0.1) is 39.4 Å². The number of fused-ring (bicyclic) bond motifs is 6. The van der Waals surface area contributed by atoms with E-state index in [0.717, 1.165) is 36.8 Å². The summed E-state index contributed by atoms with van der Waals surface area (Å²) in [7, 11) is 0. The molecule has 1 saturated heterocycles. The van der Waals surface area contributed by atoms with Crippen LogP contribution in [0.15, 0.2) is 22.8 Å². The summed E-state index contributed by atoms with van der Waals surface area (Å²) in [6.45, 7) is 13.9. The Bertz CT molecular complexity index is 1190. The van der Waals surface area contributed by atoms with Gasteiger partial charge in [0.2, 0.25) is 0 Å². The summed E-state index contributed by atoms with van der Waals surface area (Å²) in [5, 5.41) is 11.0. The van der Waals surface area contributed by atoms with Crippen LogP contribution in [-0.2, 0) is 28.7 Å². The van der Waals surface area contributed by atoms with Crippen molar-refractivity contribution in [2.24, 2.45) is 39.4 Å². The molecule has 0 aromatic rings. The highest BCUT2D eigenvalue weighted by molar-refractivity contribution is 5.94. The molecule has 0 aromatic heterocycles. The Hall–Kier alpha value is -2.44. The lowest BCUT2D eigenvalue weighted by atomic mass is 9.43. The molecule has 0 bridgehead atoms. The molecular formula is C32H44O7. The molecule has 0 amide bonds. The van der Waals surface area contributed by atoms with Crippen molar-refractivity contribution < 1.29 is 33.8 Å². The van der Waals surface area contributed by atoms with Crippen LogP contribution < -0.4 is 0 Å². The predicted molar refractivity (Wildman–Crippen MR) is 144 cm³/mol. The smallest absolute Gasteiger partial charge is 0.314 e. The van der Waals surface area contributed by atoms with Crippen LogP contribution in [0.5, 0.6) is 0 Å². The van der Waals surface area contributed by atoms with Crippen LogP contribution in [0.2, 0.25) is 0 Å². The zero-order valence-electron chi connectivity index (χ0n) is 24.5. The van der Waals surface area contributed by atoms with Gasteiger partial charge in [0.25, 0.3) is 0 Å². The van der Waals surface area contributed by atoms with Gasteiger partial charge in [0.15, 0.2) is 5.78 Å². The summed E-state index contributed by atoms with van der Waals surface area (Å²) in [5.41, 5.74) is 0.999. The Labute approximate surface area is 231 Å². The zero-order chi connectivity index (χ0) is 28.7. The zero-order valence-corrected chi connectivity index (χ0v) is 24.5. The van der Waals surface area contributed by atoms with Crippen molar-refractivity contribution in [1.29, 1.82) is 0 Å². The van der Waals surface area contributed by atoms with Crippen LogP contribution >= 0.6 is 0 Å². The topological polar surface area (TPSA) is 107 Å². The van der Waals surface area contributed by atoms with Gasteiger partial charge in [-0.25, -0.2) is 0 Å². The SMILES string of the molecule is CC(=O)O[C@@H]1CC[C@]2(C)C3=C(CC[C@H]2C1(C)C)[C@]1(C(=O)O)C[C@@H]2OC(=O)[C@H](CC(=O)C=C(C)C)[C@@H]2[C@@]1(C)CC3. The summed E-state index contributed by atoms with van der Waals surface area (Å²) in [5.74, 6) is -2.19. The van der Waals surface area contributed by atoms with Crippen molar-refractivity contribution >= 4 is 23.7 Å². The summed E-state index contributed by atoms with van der Waals surface area (Å²) >= 11 is 0. The highest BCUT2D eigenvalue weighted by Crippen LogP contribution is 2.74. The Morgan fingerprint density at radius 2 is 1.72 bits per heavy atom. The number of carboxylic acids is 1. The molecule has 1 aliphatic heterocycles. The summed E-state index contributed by atoms with van der Waals surface area (Å²) in [6.07, 6.45) is 5.84. The number of ketones is 1. The van der Waals surface area contributed by atoms with Crippen molar-refractivity contribution in [3.05, 3.63) is 22.8 Å². The van der Waals surface area contributed by atoms with E-state index in [1.54, 1.807) is 6.08 Å². The number of aliphatic carboxylic acids is 1. The molecule has 7 heteroatoms. The van der Waals surface area contributed by atoms with E-state index in [2.05, 4.69) is 20.8 Å². The van der Waals surface area contributed by atoms with Crippen LogP contribution in [0.3, 0.4) is 0 Å². The number of ether oxygens (including phenoxy) is 2. The van der Waals surface area contributed by atoms with Crippen molar-refractivity contribution in [3.8, 4) is 0 Å². The van der Waals surface area contributed by atoms with Crippen LogP contribution in [0.1, 0.15) is 99.8 Å². The number of allylic oxidation sites excluding steroid dienone is 3. The maximum absolute atomic E-state index is 13.5. The lowest BCUT2D eigenvalue weighted by Crippen LogP contribution is -2.57. The first kappa shape index (κ1) is 28.1. The lowest BCUT2D eigenvalue weighted by Gasteiger charge is -2.61. The molecule has 0 spiro atoms. The van der Waals surface area contributed by atoms with E-state index < -0.39 is 28.8 Å². The molecule has 8 atom stereocenters. The maximum Gasteiger partial charge on any atom is 0.314 e. The molecule has 4 aliphatic carbocycles. The van der Waals surface area contributed by atoms with Gasteiger partial charge in [-0.05, 0) is 75.2 Å². The first-order chi connectivity index (χ1) is 18.1. The third-order valence-electron chi connectivity index (χ3n) is 11.7. The lowest BCUT2D eigenvalue weighted by molar-refractivity contribution is -0.169. The second-order valence-corrected chi connectivity index (χ2v) is 14.3. The third-order valence-corrected chi connectivity index (χ3v) is 11.7. The molecule has 5 rings (SSSR count). The Balaban J connectivity index is 1.56. The van der Waals surface area contributed by atoms with Gasteiger partial charge in [0, 0.05) is 31.1 Å². The highest BCUT2D eigenvalue weighted by Gasteiger charge is 2.74. The molecule has 1 heterocycles. The normalized spacial score (nSPS) is 41.9. The molecule has 3 fully saturated rings. The standard InChI is InChI=1S/C32H44O7/c1-17(2)14-19(34)15-20-26-23(39-27(20)35)16-32(28(36)37)22-8-9-24-29(4,5)25(38-18(3)33)11-12-30(24,6)21(22)10-13-31(26,32)7/h14,20,23-26H,8-13,15-16H2,1-7H3,(H,36,37)/t20-,23+,24+,25-,26+,30-,31-,32+/m1/s1. The van der Waals surface area contributed by atoms with E-state index in [1.807, 2.05) is 20.8 Å². The largest absolute Gasteiger partial charge is 0.481 e. The molecule has 0 aromatic carbocycles. The van der Waals surface area contributed by atoms with Crippen LogP contribution in [0.4, 0.5) is 0 Å². The fraction of sp³-hybridized carbons (Fsp3) is 0.750. The van der Waals surface area contributed by atoms with Crippen molar-refractivity contribution in [2.75, 3.05) is 0 Å². The number of carboxylic acid groups (broad SMARTS) is 1. The first-order valence-corrected chi connectivity index (χ1v) is 14.6. The molecule has 0 unspecified atom stereocenters. The molecule has 1 N–H and O–H groups in total. The molecule has 39 heavy (non-hydrogen) atoms. The molecular weight excluding hydrogens is 496 g/mol. The van der Waals surface area contributed by atoms with E-state index in [0.29, 0.717) is 12.8 Å². The molecule has 7 nitrogen and oxygen atoms in total. The maximum atomic E-state index is 13.5. The Kier molecular flexibility index (Phi) is 6.51. The van der Waals surface area contributed by atoms with E-state index in [4.69, 9.17) is 9.47 Å². The average Bonchev–Trinajstić information content (AvgIpc) is 3.25. The number of esters is 2. The highest BCUT2D eigenvalue weighted by atomic mass is 16.6. The van der Waals surface area contributed by atoms with Crippen molar-refractivity contribution in [2.45, 2.75) is 112 Å². The fourth-order valence-corrected chi connectivity index (χ4v) is 10.2. The molecule has 0 radical (unpaired) electrons. The number of carbonyl (C=O) groups excluding carboxylic acids is 3. The first-order valence-electron chi connectivity index (χ1n) is 14.6. The fourth-order valence-electron chi connectivity index (χ4n) is 10.2. The van der Waals surface area contributed by atoms with Crippen molar-refractivity contribution in [1.82, 2.24) is 0 Å². The monoisotopic (exact) mass is 540 g/mol. The summed E-state index contributed by atoms with van der Waals surface area (Å²) in [6, 6.07) is 0. The average molecular weight is 541 g/mol.